The van der Waals surface area contributed by atoms with Gasteiger partial charge in [0.25, 0.3) is 0 Å². The van der Waals surface area contributed by atoms with Crippen LogP contribution in [-0.4, -0.2) is 47.1 Å². The van der Waals surface area contributed by atoms with Gasteiger partial charge < -0.3 is 19.3 Å². The van der Waals surface area contributed by atoms with E-state index in [-0.39, 0.29) is 11.7 Å². The van der Waals surface area contributed by atoms with Gasteiger partial charge in [-0.25, -0.2) is 9.59 Å². The van der Waals surface area contributed by atoms with Crippen molar-refractivity contribution in [1.29, 1.82) is 0 Å². The van der Waals surface area contributed by atoms with Crippen LogP contribution < -0.4 is 0 Å². The second-order valence-electron chi connectivity index (χ2n) is 7.62. The molecule has 1 aliphatic carbocycles. The Morgan fingerprint density at radius 3 is 2.85 bits per heavy atom. The Balaban J connectivity index is 1.98. The molecule has 26 heavy (non-hydrogen) atoms. The van der Waals surface area contributed by atoms with Gasteiger partial charge in [-0.2, -0.15) is 0 Å². The molecule has 0 saturated carbocycles. The van der Waals surface area contributed by atoms with Gasteiger partial charge in [0.15, 0.2) is 0 Å². The molecule has 6 heteroatoms. The fourth-order valence-corrected chi connectivity index (χ4v) is 3.70. The number of fused-ring (bicyclic) bond motifs is 2. The minimum absolute atomic E-state index is 0.118. The summed E-state index contributed by atoms with van der Waals surface area (Å²) in [6, 6.07) is 0. The molecule has 2 heterocycles. The summed E-state index contributed by atoms with van der Waals surface area (Å²) in [7, 11) is 0. The van der Waals surface area contributed by atoms with E-state index < -0.39 is 41.8 Å². The molecule has 0 amide bonds. The summed E-state index contributed by atoms with van der Waals surface area (Å²) in [6.07, 6.45) is 2.29. The Bertz CT molecular complexity index is 705. The van der Waals surface area contributed by atoms with Gasteiger partial charge in [0.2, 0.25) is 0 Å². The Morgan fingerprint density at radius 1 is 1.50 bits per heavy atom. The molecule has 3 rings (SSSR count). The van der Waals surface area contributed by atoms with E-state index in [0.29, 0.717) is 24.0 Å². The number of carbonyl (C=O) groups excluding carboxylic acids is 2. The van der Waals surface area contributed by atoms with E-state index >= 15 is 0 Å². The monoisotopic (exact) mass is 362 g/mol. The quantitative estimate of drug-likeness (QED) is 0.351. The van der Waals surface area contributed by atoms with E-state index in [1.165, 1.54) is 0 Å². The van der Waals surface area contributed by atoms with Crippen LogP contribution in [0.15, 0.2) is 35.5 Å². The third-order valence-corrected chi connectivity index (χ3v) is 5.71. The van der Waals surface area contributed by atoms with Gasteiger partial charge in [0, 0.05) is 24.0 Å². The van der Waals surface area contributed by atoms with Crippen LogP contribution in [0.4, 0.5) is 0 Å². The second-order valence-corrected chi connectivity index (χ2v) is 7.62. The lowest BCUT2D eigenvalue weighted by Gasteiger charge is -2.29. The summed E-state index contributed by atoms with van der Waals surface area (Å²) in [4.78, 5) is 24.5. The molecular formula is C20H26O6. The van der Waals surface area contributed by atoms with Crippen LogP contribution in [0.1, 0.15) is 40.5 Å². The van der Waals surface area contributed by atoms with E-state index in [2.05, 4.69) is 6.58 Å². The molecular weight excluding hydrogens is 336 g/mol. The highest BCUT2D eigenvalue weighted by atomic mass is 16.6. The van der Waals surface area contributed by atoms with Crippen LogP contribution in [0.25, 0.3) is 0 Å². The van der Waals surface area contributed by atoms with Gasteiger partial charge in [0.1, 0.15) is 12.2 Å². The van der Waals surface area contributed by atoms with E-state index in [9.17, 15) is 14.7 Å². The number of epoxide rings is 1. The maximum Gasteiger partial charge on any atom is 0.334 e. The van der Waals surface area contributed by atoms with E-state index in [1.807, 2.05) is 6.92 Å². The van der Waals surface area contributed by atoms with Crippen molar-refractivity contribution in [1.82, 2.24) is 0 Å². The molecule has 2 saturated heterocycles. The topological polar surface area (TPSA) is 85.4 Å². The summed E-state index contributed by atoms with van der Waals surface area (Å²) in [5.41, 5.74) is 0.974. The zero-order valence-corrected chi connectivity index (χ0v) is 15.7. The number of aliphatic hydroxyl groups excluding tert-OH is 1. The minimum Gasteiger partial charge on any atom is -0.458 e. The summed E-state index contributed by atoms with van der Waals surface area (Å²) in [5.74, 6) is -1.43. The van der Waals surface area contributed by atoms with E-state index in [1.54, 1.807) is 32.9 Å². The molecule has 142 valence electrons. The third kappa shape index (κ3) is 3.35. The van der Waals surface area contributed by atoms with Crippen molar-refractivity contribution in [2.24, 2.45) is 5.92 Å². The molecule has 6 atom stereocenters. The minimum atomic E-state index is -0.667. The number of aliphatic hydroxyl groups is 1. The van der Waals surface area contributed by atoms with Crippen LogP contribution in [0.2, 0.25) is 0 Å². The molecule has 2 fully saturated rings. The average molecular weight is 362 g/mol. The third-order valence-electron chi connectivity index (χ3n) is 5.71. The first-order valence-electron chi connectivity index (χ1n) is 8.94. The van der Waals surface area contributed by atoms with Crippen LogP contribution >= 0.6 is 0 Å². The fraction of sp³-hybridized carbons (Fsp3) is 0.600. The number of carbonyl (C=O) groups is 2. The number of allylic oxidation sites excluding steroid dienone is 1. The molecule has 0 aromatic carbocycles. The lowest BCUT2D eigenvalue weighted by Crippen LogP contribution is -2.37. The first-order chi connectivity index (χ1) is 12.2. The number of hydrogen-bond donors (Lipinski definition) is 1. The van der Waals surface area contributed by atoms with Gasteiger partial charge in [-0.1, -0.05) is 12.7 Å². The highest BCUT2D eigenvalue weighted by molar-refractivity contribution is 5.92. The summed E-state index contributed by atoms with van der Waals surface area (Å²) in [6.45, 7) is 11.0. The molecule has 3 aliphatic rings. The largest absolute Gasteiger partial charge is 0.458 e. The lowest BCUT2D eigenvalue weighted by atomic mass is 9.82. The Morgan fingerprint density at radius 2 is 2.19 bits per heavy atom. The summed E-state index contributed by atoms with van der Waals surface area (Å²) < 4.78 is 17.0. The van der Waals surface area contributed by atoms with E-state index in [4.69, 9.17) is 14.2 Å². The summed E-state index contributed by atoms with van der Waals surface area (Å²) >= 11 is 0. The molecule has 0 aromatic heterocycles. The van der Waals surface area contributed by atoms with Gasteiger partial charge in [-0.3, -0.25) is 0 Å². The molecule has 0 bridgehead atoms. The van der Waals surface area contributed by atoms with Crippen molar-refractivity contribution in [3.8, 4) is 0 Å². The number of hydrogen-bond acceptors (Lipinski definition) is 6. The number of ether oxygens (including phenoxy) is 3. The highest BCUT2D eigenvalue weighted by Crippen LogP contribution is 2.47. The number of rotatable bonds is 2. The maximum absolute atomic E-state index is 12.4. The second kappa shape index (κ2) is 6.67. The first kappa shape index (κ1) is 18.9. The SMILES string of the molecule is C=C1C(=O)O[C@H]2C=C(C)[C@H](O)C[C@H]3O[C@@]3(C)C[C@@H](OC(=O)/C(C)=C/C)[C@@H]12. The number of esters is 2. The van der Waals surface area contributed by atoms with Crippen molar-refractivity contribution in [2.45, 2.75) is 70.6 Å². The molecule has 0 radical (unpaired) electrons. The smallest absolute Gasteiger partial charge is 0.334 e. The van der Waals surface area contributed by atoms with Crippen molar-refractivity contribution < 1.29 is 28.9 Å². The van der Waals surface area contributed by atoms with Gasteiger partial charge >= 0.3 is 11.9 Å². The molecule has 0 spiro atoms. The van der Waals surface area contributed by atoms with Gasteiger partial charge in [-0.05, 0) is 39.3 Å². The van der Waals surface area contributed by atoms with Crippen molar-refractivity contribution in [3.05, 3.63) is 35.5 Å². The lowest BCUT2D eigenvalue weighted by molar-refractivity contribution is -0.148. The average Bonchev–Trinajstić information content (AvgIpc) is 3.11. The Kier molecular flexibility index (Phi) is 4.84. The van der Waals surface area contributed by atoms with Crippen molar-refractivity contribution in [3.63, 3.8) is 0 Å². The highest BCUT2D eigenvalue weighted by Gasteiger charge is 2.57. The fourth-order valence-electron chi connectivity index (χ4n) is 3.70. The molecule has 6 nitrogen and oxygen atoms in total. The maximum atomic E-state index is 12.4. The molecule has 0 unspecified atom stereocenters. The predicted molar refractivity (Wildman–Crippen MR) is 94.1 cm³/mol. The van der Waals surface area contributed by atoms with Crippen molar-refractivity contribution >= 4 is 11.9 Å². The first-order valence-corrected chi connectivity index (χ1v) is 8.94. The van der Waals surface area contributed by atoms with Gasteiger partial charge in [0.05, 0.1) is 23.7 Å². The normalized spacial score (nSPS) is 40.1. The standard InChI is InChI=1S/C20H26O6/c1-6-10(2)18(22)25-15-9-20(5)16(26-20)8-13(21)11(3)7-14-17(15)12(4)19(23)24-14/h6-7,13-17,21H,4,8-9H2,1-3,5H3/b10-6+,11-7?/t13-,14+,15-,16-,17+,20+/m1/s1. The van der Waals surface area contributed by atoms with Crippen LogP contribution in [-0.2, 0) is 23.8 Å². The van der Waals surface area contributed by atoms with Crippen LogP contribution in [0, 0.1) is 5.92 Å². The van der Waals surface area contributed by atoms with Gasteiger partial charge in [-0.15, -0.1) is 0 Å². The summed E-state index contributed by atoms with van der Waals surface area (Å²) in [5, 5.41) is 10.4. The molecule has 2 aliphatic heterocycles. The van der Waals surface area contributed by atoms with Crippen molar-refractivity contribution in [2.75, 3.05) is 0 Å². The zero-order valence-electron chi connectivity index (χ0n) is 15.7. The van der Waals surface area contributed by atoms with Crippen LogP contribution in [0.5, 0.6) is 0 Å². The van der Waals surface area contributed by atoms with E-state index in [0.717, 1.165) is 0 Å². The molecule has 1 N–H and O–H groups in total. The van der Waals surface area contributed by atoms with Crippen LogP contribution in [0.3, 0.4) is 0 Å². The zero-order chi connectivity index (χ0) is 19.2. The predicted octanol–water partition coefficient (Wildman–Crippen LogP) is 2.22. The Hall–Kier alpha value is -1.92. The molecule has 0 aromatic rings. The Labute approximate surface area is 153 Å².